The highest BCUT2D eigenvalue weighted by Crippen LogP contribution is 2.37. The van der Waals surface area contributed by atoms with E-state index < -0.39 is 26.5 Å². The lowest BCUT2D eigenvalue weighted by Crippen LogP contribution is -2.40. The van der Waals surface area contributed by atoms with E-state index in [4.69, 9.17) is 4.74 Å². The van der Waals surface area contributed by atoms with Gasteiger partial charge >= 0.3 is 0 Å². The maximum Gasteiger partial charge on any atom is 0.298 e. The summed E-state index contributed by atoms with van der Waals surface area (Å²) in [5, 5.41) is 24.3. The van der Waals surface area contributed by atoms with Gasteiger partial charge in [0.25, 0.3) is 5.69 Å². The first kappa shape index (κ1) is 24.5. The molecule has 13 heteroatoms. The number of aromatic amines is 1. The highest BCUT2D eigenvalue weighted by Gasteiger charge is 2.29. The zero-order valence-corrected chi connectivity index (χ0v) is 20.1. The average Bonchev–Trinajstić information content (AvgIpc) is 3.26. The van der Waals surface area contributed by atoms with Crippen LogP contribution in [0, 0.1) is 15.9 Å². The second-order valence-electron chi connectivity index (χ2n) is 8.12. The van der Waals surface area contributed by atoms with Crippen molar-refractivity contribution in [2.45, 2.75) is 4.90 Å². The smallest absolute Gasteiger partial charge is 0.298 e. The first-order chi connectivity index (χ1) is 17.8. The number of anilines is 2. The van der Waals surface area contributed by atoms with Crippen LogP contribution in [0.1, 0.15) is 0 Å². The van der Waals surface area contributed by atoms with Gasteiger partial charge in [0.05, 0.1) is 28.7 Å². The summed E-state index contributed by atoms with van der Waals surface area (Å²) < 4.78 is 46.5. The van der Waals surface area contributed by atoms with Crippen LogP contribution in [0.3, 0.4) is 0 Å². The molecule has 190 valence electrons. The first-order valence-electron chi connectivity index (χ1n) is 11.2. The lowest BCUT2D eigenvalue weighted by Gasteiger charge is -2.25. The minimum atomic E-state index is -3.93. The molecular formula is C24H21FN6O5S. The van der Waals surface area contributed by atoms with Crippen molar-refractivity contribution in [3.05, 3.63) is 82.7 Å². The Bertz CT molecular complexity index is 1620. The zero-order chi connectivity index (χ0) is 26.0. The average molecular weight is 525 g/mol. The molecule has 0 atom stereocenters. The zero-order valence-electron chi connectivity index (χ0n) is 19.3. The van der Waals surface area contributed by atoms with Gasteiger partial charge in [-0.2, -0.15) is 4.31 Å². The number of nitro groups is 1. The minimum absolute atomic E-state index is 0.117. The van der Waals surface area contributed by atoms with Gasteiger partial charge in [-0.25, -0.2) is 12.8 Å². The lowest BCUT2D eigenvalue weighted by molar-refractivity contribution is -0.384. The van der Waals surface area contributed by atoms with E-state index in [1.54, 1.807) is 30.3 Å². The molecular weight excluding hydrogens is 503 g/mol. The monoisotopic (exact) mass is 524 g/mol. The molecule has 0 aliphatic carbocycles. The van der Waals surface area contributed by atoms with E-state index in [1.165, 1.54) is 22.5 Å². The number of para-hydroxylation sites is 1. The van der Waals surface area contributed by atoms with Crippen molar-refractivity contribution in [2.24, 2.45) is 10.2 Å². The molecule has 4 aromatic rings. The number of rotatable bonds is 7. The summed E-state index contributed by atoms with van der Waals surface area (Å²) in [7, 11) is -3.93. The van der Waals surface area contributed by atoms with Gasteiger partial charge in [0.1, 0.15) is 11.6 Å². The predicted octanol–water partition coefficient (Wildman–Crippen LogP) is 5.40. The number of fused-ring (bicyclic) bond motifs is 1. The molecule has 5 rings (SSSR count). The molecule has 1 aliphatic heterocycles. The SMILES string of the molecule is O=[N+]([O-])c1cc(S(=O)(=O)N2CCOCC2)ccc1N=Nc1[nH]c(Nc2ccccc2F)c2ccccc12. The number of azo groups is 1. The maximum atomic E-state index is 14.2. The molecule has 0 unspecified atom stereocenters. The van der Waals surface area contributed by atoms with Gasteiger partial charge in [-0.15, -0.1) is 10.2 Å². The van der Waals surface area contributed by atoms with Gasteiger partial charge in [0.15, 0.2) is 11.5 Å². The number of ether oxygens (including phenoxy) is 1. The number of nitrogens with one attached hydrogen (secondary N) is 2. The fourth-order valence-electron chi connectivity index (χ4n) is 3.97. The van der Waals surface area contributed by atoms with Crippen molar-refractivity contribution in [1.82, 2.24) is 9.29 Å². The van der Waals surface area contributed by atoms with Gasteiger partial charge in [0, 0.05) is 29.9 Å². The fourth-order valence-corrected chi connectivity index (χ4v) is 5.40. The third-order valence-corrected chi connectivity index (χ3v) is 7.73. The van der Waals surface area contributed by atoms with Crippen molar-refractivity contribution < 1.29 is 22.5 Å². The van der Waals surface area contributed by atoms with Crippen LogP contribution in [0.4, 0.5) is 33.1 Å². The molecule has 37 heavy (non-hydrogen) atoms. The second kappa shape index (κ2) is 10.0. The number of hydrogen-bond donors (Lipinski definition) is 2. The molecule has 0 amide bonds. The van der Waals surface area contributed by atoms with Crippen LogP contribution in [0.25, 0.3) is 10.8 Å². The number of benzene rings is 3. The van der Waals surface area contributed by atoms with E-state index in [9.17, 15) is 22.9 Å². The highest BCUT2D eigenvalue weighted by atomic mass is 32.2. The van der Waals surface area contributed by atoms with Crippen molar-refractivity contribution in [1.29, 1.82) is 0 Å². The Kier molecular flexibility index (Phi) is 6.65. The predicted molar refractivity (Wildman–Crippen MR) is 135 cm³/mol. The third kappa shape index (κ3) is 4.91. The highest BCUT2D eigenvalue weighted by molar-refractivity contribution is 7.89. The van der Waals surface area contributed by atoms with Crippen LogP contribution in [0.15, 0.2) is 81.9 Å². The Labute approximate surface area is 210 Å². The molecule has 1 saturated heterocycles. The molecule has 0 radical (unpaired) electrons. The summed E-state index contributed by atoms with van der Waals surface area (Å²) in [6.45, 7) is 0.846. The van der Waals surface area contributed by atoms with E-state index in [1.807, 2.05) is 12.1 Å². The van der Waals surface area contributed by atoms with E-state index in [2.05, 4.69) is 20.5 Å². The number of aromatic nitrogens is 1. The number of halogens is 1. The number of nitro benzene ring substituents is 1. The molecule has 0 bridgehead atoms. The first-order valence-corrected chi connectivity index (χ1v) is 12.7. The van der Waals surface area contributed by atoms with Crippen molar-refractivity contribution in [3.8, 4) is 0 Å². The molecule has 2 N–H and O–H groups in total. The lowest BCUT2D eigenvalue weighted by atomic mass is 10.2. The van der Waals surface area contributed by atoms with E-state index >= 15 is 0 Å². The van der Waals surface area contributed by atoms with Crippen LogP contribution in [0.5, 0.6) is 0 Å². The summed E-state index contributed by atoms with van der Waals surface area (Å²) in [6.07, 6.45) is 0. The molecule has 1 aliphatic rings. The molecule has 0 spiro atoms. The molecule has 1 aromatic heterocycles. The minimum Gasteiger partial charge on any atom is -0.379 e. The Morgan fingerprint density at radius 3 is 2.43 bits per heavy atom. The van der Waals surface area contributed by atoms with Crippen LogP contribution < -0.4 is 5.32 Å². The summed E-state index contributed by atoms with van der Waals surface area (Å²) in [5.41, 5.74) is -0.363. The maximum absolute atomic E-state index is 14.2. The summed E-state index contributed by atoms with van der Waals surface area (Å²) in [4.78, 5) is 13.9. The largest absolute Gasteiger partial charge is 0.379 e. The Hall–Kier alpha value is -4.20. The Morgan fingerprint density at radius 1 is 1.00 bits per heavy atom. The van der Waals surface area contributed by atoms with Crippen LogP contribution in [-0.4, -0.2) is 48.9 Å². The summed E-state index contributed by atoms with van der Waals surface area (Å²) in [5.74, 6) is 0.317. The Morgan fingerprint density at radius 2 is 1.70 bits per heavy atom. The summed E-state index contributed by atoms with van der Waals surface area (Å²) >= 11 is 0. The summed E-state index contributed by atoms with van der Waals surface area (Å²) in [6, 6.07) is 16.9. The third-order valence-electron chi connectivity index (χ3n) is 5.84. The van der Waals surface area contributed by atoms with Crippen LogP contribution in [-0.2, 0) is 14.8 Å². The van der Waals surface area contributed by atoms with Gasteiger partial charge in [-0.1, -0.05) is 36.4 Å². The van der Waals surface area contributed by atoms with Crippen molar-refractivity contribution in [2.75, 3.05) is 31.6 Å². The van der Waals surface area contributed by atoms with Gasteiger partial charge < -0.3 is 15.0 Å². The van der Waals surface area contributed by atoms with Crippen LogP contribution in [0.2, 0.25) is 0 Å². The van der Waals surface area contributed by atoms with Gasteiger partial charge in [-0.3, -0.25) is 10.1 Å². The molecule has 0 saturated carbocycles. The van der Waals surface area contributed by atoms with E-state index in [-0.39, 0.29) is 48.4 Å². The van der Waals surface area contributed by atoms with E-state index in [0.29, 0.717) is 16.6 Å². The topological polar surface area (TPSA) is 142 Å². The Balaban J connectivity index is 1.49. The van der Waals surface area contributed by atoms with E-state index in [0.717, 1.165) is 6.07 Å². The normalized spacial score (nSPS) is 14.8. The quantitative estimate of drug-likeness (QED) is 0.188. The van der Waals surface area contributed by atoms with Crippen LogP contribution >= 0.6 is 0 Å². The molecule has 2 heterocycles. The standard InChI is InChI=1S/C24H21FN6O5S/c25-19-7-3-4-8-20(19)26-23-17-5-1-2-6-18(17)24(27-23)29-28-21-10-9-16(15-22(21)31(32)33)37(34,35)30-11-13-36-14-12-30/h1-10,15,26-27H,11-14H2. The number of H-pyrrole nitrogens is 1. The molecule has 11 nitrogen and oxygen atoms in total. The number of hydrogen-bond acceptors (Lipinski definition) is 8. The molecule has 1 fully saturated rings. The second-order valence-corrected chi connectivity index (χ2v) is 10.1. The number of sulfonamides is 1. The number of nitrogens with zero attached hydrogens (tertiary/aromatic N) is 4. The number of morpholine rings is 1. The van der Waals surface area contributed by atoms with Gasteiger partial charge in [-0.05, 0) is 24.3 Å². The van der Waals surface area contributed by atoms with Crippen molar-refractivity contribution in [3.63, 3.8) is 0 Å². The van der Waals surface area contributed by atoms with Crippen molar-refractivity contribution >= 4 is 49.5 Å². The fraction of sp³-hybridized carbons (Fsp3) is 0.167. The molecule has 3 aromatic carbocycles. The van der Waals surface area contributed by atoms with Gasteiger partial charge in [0.2, 0.25) is 10.0 Å².